The summed E-state index contributed by atoms with van der Waals surface area (Å²) in [6, 6.07) is 8.12. The van der Waals surface area contributed by atoms with Crippen molar-refractivity contribution in [3.8, 4) is 11.1 Å². The van der Waals surface area contributed by atoms with Crippen LogP contribution in [0.25, 0.3) is 21.3 Å². The van der Waals surface area contributed by atoms with Gasteiger partial charge in [-0.15, -0.1) is 11.3 Å². The van der Waals surface area contributed by atoms with E-state index in [-0.39, 0.29) is 11.4 Å². The maximum atomic E-state index is 12.3. The van der Waals surface area contributed by atoms with Gasteiger partial charge in [0.25, 0.3) is 0 Å². The van der Waals surface area contributed by atoms with Crippen LogP contribution in [0.2, 0.25) is 0 Å². The fourth-order valence-electron chi connectivity index (χ4n) is 3.15. The van der Waals surface area contributed by atoms with Crippen molar-refractivity contribution >= 4 is 44.1 Å². The van der Waals surface area contributed by atoms with Crippen molar-refractivity contribution in [1.82, 2.24) is 20.4 Å². The van der Waals surface area contributed by atoms with Crippen molar-refractivity contribution in [3.05, 3.63) is 45.7 Å². The van der Waals surface area contributed by atoms with Crippen molar-refractivity contribution in [1.29, 1.82) is 0 Å². The Kier molecular flexibility index (Phi) is 5.81. The van der Waals surface area contributed by atoms with Crippen LogP contribution >= 0.6 is 22.7 Å². The number of urea groups is 1. The first-order valence-electron chi connectivity index (χ1n) is 10.0. The Morgan fingerprint density at radius 1 is 1.13 bits per heavy atom. The average Bonchev–Trinajstić information content (AvgIpc) is 3.38. The largest absolute Gasteiger partial charge is 0.339 e. The van der Waals surface area contributed by atoms with E-state index < -0.39 is 0 Å². The molecule has 0 saturated carbocycles. The molecule has 9 heteroatoms. The average molecular weight is 456 g/mol. The predicted octanol–water partition coefficient (Wildman–Crippen LogP) is 5.69. The van der Waals surface area contributed by atoms with Crippen LogP contribution in [-0.4, -0.2) is 27.7 Å². The number of nitrogens with one attached hydrogen (secondary N) is 2. The number of fused-ring (bicyclic) bond motifs is 1. The first kappa shape index (κ1) is 21.5. The molecule has 4 aromatic rings. The maximum absolute atomic E-state index is 12.3. The monoisotopic (exact) mass is 455 g/mol. The lowest BCUT2D eigenvalue weighted by atomic mass is 9.97. The highest BCUT2D eigenvalue weighted by Crippen LogP contribution is 2.34. The quantitative estimate of drug-likeness (QED) is 0.403. The summed E-state index contributed by atoms with van der Waals surface area (Å²) < 4.78 is 6.31. The van der Waals surface area contributed by atoms with E-state index in [1.54, 1.807) is 11.3 Å². The molecule has 0 atom stereocenters. The van der Waals surface area contributed by atoms with Gasteiger partial charge in [-0.05, 0) is 43.2 Å². The van der Waals surface area contributed by atoms with Gasteiger partial charge >= 0.3 is 6.03 Å². The van der Waals surface area contributed by atoms with Crippen LogP contribution in [0.15, 0.2) is 28.8 Å². The second-order valence-corrected chi connectivity index (χ2v) is 10.9. The summed E-state index contributed by atoms with van der Waals surface area (Å²) in [5, 5.41) is 10.2. The van der Waals surface area contributed by atoms with Gasteiger partial charge in [-0.1, -0.05) is 43.3 Å². The Morgan fingerprint density at radius 3 is 2.61 bits per heavy atom. The molecule has 0 aliphatic carbocycles. The second-order valence-electron chi connectivity index (χ2n) is 8.43. The first-order valence-corrected chi connectivity index (χ1v) is 11.7. The van der Waals surface area contributed by atoms with Crippen molar-refractivity contribution < 1.29 is 9.32 Å². The zero-order chi connectivity index (χ0) is 22.2. The highest BCUT2D eigenvalue weighted by molar-refractivity contribution is 7.22. The van der Waals surface area contributed by atoms with E-state index in [4.69, 9.17) is 4.52 Å². The Balaban J connectivity index is 1.36. The molecule has 31 heavy (non-hydrogen) atoms. The maximum Gasteiger partial charge on any atom is 0.321 e. The smallest absolute Gasteiger partial charge is 0.321 e. The van der Waals surface area contributed by atoms with E-state index in [9.17, 15) is 4.79 Å². The number of carbonyl (C=O) groups is 1. The van der Waals surface area contributed by atoms with Crippen molar-refractivity contribution in [2.45, 2.75) is 46.5 Å². The SMILES string of the molecule is Cc1cc(-c2ccc3nc(NC(=O)NCCc4noc(C(C)(C)C)n4)sc3c2)c(C)s1. The number of amides is 2. The van der Waals surface area contributed by atoms with E-state index in [2.05, 4.69) is 57.8 Å². The standard InChI is InChI=1S/C22H25N5O2S2/c1-12-10-15(13(2)30-12)14-6-7-16-17(11-14)31-21(24-16)26-20(28)23-9-8-18-25-19(29-27-18)22(3,4)5/h6-7,10-11H,8-9H2,1-5H3,(H2,23,24,26,28). The van der Waals surface area contributed by atoms with Crippen molar-refractivity contribution in [2.75, 3.05) is 11.9 Å². The lowest BCUT2D eigenvalue weighted by Gasteiger charge is -2.10. The number of aromatic nitrogens is 3. The molecule has 3 heterocycles. The minimum Gasteiger partial charge on any atom is -0.339 e. The van der Waals surface area contributed by atoms with E-state index >= 15 is 0 Å². The summed E-state index contributed by atoms with van der Waals surface area (Å²) in [7, 11) is 0. The van der Waals surface area contributed by atoms with Crippen molar-refractivity contribution in [2.24, 2.45) is 0 Å². The molecule has 0 spiro atoms. The number of thiophene rings is 1. The normalized spacial score (nSPS) is 11.8. The molecule has 3 aromatic heterocycles. The minimum absolute atomic E-state index is 0.191. The Bertz CT molecular complexity index is 1230. The van der Waals surface area contributed by atoms with Crippen LogP contribution in [0.5, 0.6) is 0 Å². The molecule has 1 aromatic carbocycles. The molecular formula is C22H25N5O2S2. The minimum atomic E-state index is -0.303. The molecule has 0 aliphatic rings. The molecule has 7 nitrogen and oxygen atoms in total. The zero-order valence-corrected chi connectivity index (χ0v) is 19.8. The van der Waals surface area contributed by atoms with Gasteiger partial charge in [-0.25, -0.2) is 9.78 Å². The van der Waals surface area contributed by atoms with Gasteiger partial charge in [0.1, 0.15) is 0 Å². The Labute approximate surface area is 188 Å². The van der Waals surface area contributed by atoms with Gasteiger partial charge in [0.15, 0.2) is 11.0 Å². The lowest BCUT2D eigenvalue weighted by molar-refractivity contribution is 0.252. The van der Waals surface area contributed by atoms with Crippen LogP contribution in [0, 0.1) is 13.8 Å². The molecule has 162 valence electrons. The molecule has 0 fully saturated rings. The molecule has 0 unspecified atom stereocenters. The molecule has 0 radical (unpaired) electrons. The molecule has 0 aliphatic heterocycles. The fraction of sp³-hybridized carbons (Fsp3) is 0.364. The van der Waals surface area contributed by atoms with E-state index in [1.165, 1.54) is 32.2 Å². The van der Waals surface area contributed by atoms with Crippen LogP contribution in [0.1, 0.15) is 42.2 Å². The van der Waals surface area contributed by atoms with Gasteiger partial charge < -0.3 is 9.84 Å². The first-order chi connectivity index (χ1) is 14.7. The summed E-state index contributed by atoms with van der Waals surface area (Å²) in [6.45, 7) is 10.7. The highest BCUT2D eigenvalue weighted by Gasteiger charge is 2.21. The lowest BCUT2D eigenvalue weighted by Crippen LogP contribution is -2.30. The fourth-order valence-corrected chi connectivity index (χ4v) is 5.00. The topological polar surface area (TPSA) is 92.9 Å². The molecule has 0 bridgehead atoms. The van der Waals surface area contributed by atoms with E-state index in [0.29, 0.717) is 29.8 Å². The number of hydrogen-bond acceptors (Lipinski definition) is 7. The Hall–Kier alpha value is -2.78. The third kappa shape index (κ3) is 4.94. The van der Waals surface area contributed by atoms with Crippen LogP contribution < -0.4 is 10.6 Å². The molecular weight excluding hydrogens is 430 g/mol. The van der Waals surface area contributed by atoms with Crippen LogP contribution in [-0.2, 0) is 11.8 Å². The number of benzene rings is 1. The number of carbonyl (C=O) groups excluding carboxylic acids is 1. The third-order valence-electron chi connectivity index (χ3n) is 4.70. The van der Waals surface area contributed by atoms with Crippen LogP contribution in [0.4, 0.5) is 9.93 Å². The van der Waals surface area contributed by atoms with Gasteiger partial charge in [0, 0.05) is 28.1 Å². The molecule has 2 N–H and O–H groups in total. The van der Waals surface area contributed by atoms with Gasteiger partial charge in [-0.3, -0.25) is 5.32 Å². The molecule has 4 rings (SSSR count). The van der Waals surface area contributed by atoms with Crippen molar-refractivity contribution in [3.63, 3.8) is 0 Å². The van der Waals surface area contributed by atoms with Gasteiger partial charge in [0.2, 0.25) is 5.89 Å². The Morgan fingerprint density at radius 2 is 1.94 bits per heavy atom. The summed E-state index contributed by atoms with van der Waals surface area (Å²) in [5.74, 6) is 1.17. The number of nitrogens with zero attached hydrogens (tertiary/aromatic N) is 3. The number of hydrogen-bond donors (Lipinski definition) is 2. The summed E-state index contributed by atoms with van der Waals surface area (Å²) in [5.41, 5.74) is 3.10. The second kappa shape index (κ2) is 8.39. The molecule has 0 saturated heterocycles. The summed E-state index contributed by atoms with van der Waals surface area (Å²) >= 11 is 3.26. The summed E-state index contributed by atoms with van der Waals surface area (Å²) in [6.07, 6.45) is 0.496. The van der Waals surface area contributed by atoms with Gasteiger partial charge in [-0.2, -0.15) is 4.98 Å². The molecule has 2 amide bonds. The van der Waals surface area contributed by atoms with Crippen LogP contribution in [0.3, 0.4) is 0 Å². The summed E-state index contributed by atoms with van der Waals surface area (Å²) in [4.78, 5) is 23.8. The number of aryl methyl sites for hydroxylation is 2. The van der Waals surface area contributed by atoms with Gasteiger partial charge in [0.05, 0.1) is 10.2 Å². The predicted molar refractivity (Wildman–Crippen MR) is 126 cm³/mol. The number of anilines is 1. The third-order valence-corrected chi connectivity index (χ3v) is 6.60. The van der Waals surface area contributed by atoms with E-state index in [1.807, 2.05) is 26.8 Å². The number of thiazole rings is 1. The zero-order valence-electron chi connectivity index (χ0n) is 18.2. The highest BCUT2D eigenvalue weighted by atomic mass is 32.1. The number of rotatable bonds is 5. The van der Waals surface area contributed by atoms with E-state index in [0.717, 1.165) is 10.2 Å².